The number of aromatic nitrogens is 4. The van der Waals surface area contributed by atoms with Crippen LogP contribution in [0.2, 0.25) is 0 Å². The van der Waals surface area contributed by atoms with E-state index in [1.165, 1.54) is 13.2 Å². The quantitative estimate of drug-likeness (QED) is 0.417. The number of rotatable bonds is 10. The fourth-order valence-electron chi connectivity index (χ4n) is 2.91. The number of Topliss-reactive ketones (excluding diaryl/α,β-unsaturated/α-hetero) is 1. The second kappa shape index (κ2) is 11.3. The maximum atomic E-state index is 12.7. The number of carboxylic acids is 1. The highest BCUT2D eigenvalue weighted by Gasteiger charge is 2.25. The van der Waals surface area contributed by atoms with E-state index in [4.69, 9.17) is 9.84 Å². The first-order valence-electron chi connectivity index (χ1n) is 10.0. The largest absolute Gasteiger partial charge is 0.481 e. The number of nitrogens with one attached hydrogen (secondary N) is 1. The summed E-state index contributed by atoms with van der Waals surface area (Å²) in [7, 11) is 1.26. The highest BCUT2D eigenvalue weighted by atomic mass is 16.5. The van der Waals surface area contributed by atoms with E-state index in [1.54, 1.807) is 42.5 Å². The van der Waals surface area contributed by atoms with Gasteiger partial charge in [-0.05, 0) is 22.9 Å². The molecule has 0 fully saturated rings. The number of nitrogens with zero attached hydrogens (tertiary/aromatic N) is 4. The summed E-state index contributed by atoms with van der Waals surface area (Å²) in [6.45, 7) is -0.486. The molecule has 1 atom stereocenters. The lowest BCUT2D eigenvalue weighted by Gasteiger charge is -2.15. The fraction of sp³-hybridized carbons (Fsp3) is 0.227. The number of carboxylic acid groups (broad SMARTS) is 1. The van der Waals surface area contributed by atoms with Gasteiger partial charge in [0.25, 0.3) is 0 Å². The van der Waals surface area contributed by atoms with E-state index in [0.717, 1.165) is 10.4 Å². The molecule has 1 unspecified atom stereocenters. The third kappa shape index (κ3) is 6.69. The van der Waals surface area contributed by atoms with Gasteiger partial charge in [-0.2, -0.15) is 4.80 Å². The van der Waals surface area contributed by atoms with Gasteiger partial charge >= 0.3 is 18.0 Å². The summed E-state index contributed by atoms with van der Waals surface area (Å²) >= 11 is 0. The number of tetrazole rings is 1. The molecule has 0 radical (unpaired) electrons. The predicted molar refractivity (Wildman–Crippen MR) is 115 cm³/mol. The van der Waals surface area contributed by atoms with Crippen LogP contribution in [0.25, 0.3) is 11.4 Å². The van der Waals surface area contributed by atoms with Crippen molar-refractivity contribution in [1.29, 1.82) is 0 Å². The fourth-order valence-corrected chi connectivity index (χ4v) is 2.91. The van der Waals surface area contributed by atoms with Crippen LogP contribution in [0.5, 0.6) is 0 Å². The van der Waals surface area contributed by atoms with Gasteiger partial charge in [-0.1, -0.05) is 42.5 Å². The standard InChI is InChI=1S/C22H21N5O7/c1-33-21(31)16-9-5-8-15(10-16)20-24-26-27(25-20)12-18(28)17(11-19(29)30)23-22(32)34-13-14-6-3-2-4-7-14/h2-10,17H,11-13H2,1H3,(H,23,32)(H,29,30). The summed E-state index contributed by atoms with van der Waals surface area (Å²) in [6, 6.07) is 13.8. The number of methoxy groups -OCH3 is 1. The van der Waals surface area contributed by atoms with Crippen molar-refractivity contribution >= 4 is 23.8 Å². The first-order valence-corrected chi connectivity index (χ1v) is 10.0. The maximum absolute atomic E-state index is 12.7. The van der Waals surface area contributed by atoms with Crippen molar-refractivity contribution in [2.45, 2.75) is 25.6 Å². The highest BCUT2D eigenvalue weighted by Crippen LogP contribution is 2.16. The Morgan fingerprint density at radius 1 is 1.09 bits per heavy atom. The maximum Gasteiger partial charge on any atom is 0.408 e. The number of alkyl carbamates (subject to hydrolysis) is 1. The van der Waals surface area contributed by atoms with Gasteiger partial charge in [0.2, 0.25) is 5.82 Å². The lowest BCUT2D eigenvalue weighted by atomic mass is 10.1. The van der Waals surface area contributed by atoms with Crippen molar-refractivity contribution in [3.05, 3.63) is 65.7 Å². The normalized spacial score (nSPS) is 11.3. The van der Waals surface area contributed by atoms with Crippen LogP contribution in [-0.2, 0) is 32.2 Å². The number of hydrogen-bond acceptors (Lipinski definition) is 9. The number of hydrogen-bond donors (Lipinski definition) is 2. The minimum Gasteiger partial charge on any atom is -0.481 e. The van der Waals surface area contributed by atoms with E-state index in [9.17, 15) is 19.2 Å². The van der Waals surface area contributed by atoms with Crippen LogP contribution in [-0.4, -0.2) is 62.3 Å². The molecular weight excluding hydrogens is 446 g/mol. The topological polar surface area (TPSA) is 163 Å². The Balaban J connectivity index is 1.64. The Bertz CT molecular complexity index is 1180. The number of aliphatic carboxylic acids is 1. The first kappa shape index (κ1) is 24.0. The molecular formula is C22H21N5O7. The molecule has 0 saturated carbocycles. The molecule has 34 heavy (non-hydrogen) atoms. The van der Waals surface area contributed by atoms with Gasteiger partial charge in [0.1, 0.15) is 19.2 Å². The summed E-state index contributed by atoms with van der Waals surface area (Å²) in [5.74, 6) is -2.34. The smallest absolute Gasteiger partial charge is 0.408 e. The molecule has 2 N–H and O–H groups in total. The molecule has 1 heterocycles. The summed E-state index contributed by atoms with van der Waals surface area (Å²) < 4.78 is 9.74. The molecule has 176 valence electrons. The minimum absolute atomic E-state index is 0.0424. The van der Waals surface area contributed by atoms with Crippen LogP contribution in [0.15, 0.2) is 54.6 Å². The lowest BCUT2D eigenvalue weighted by Crippen LogP contribution is -2.44. The number of amides is 1. The number of ketones is 1. The molecule has 0 bridgehead atoms. The molecule has 1 amide bonds. The third-order valence-corrected chi connectivity index (χ3v) is 4.56. The zero-order valence-corrected chi connectivity index (χ0v) is 18.1. The van der Waals surface area contributed by atoms with Crippen molar-refractivity contribution < 1.29 is 33.8 Å². The average Bonchev–Trinajstić information content (AvgIpc) is 3.30. The first-order chi connectivity index (χ1) is 16.4. The van der Waals surface area contributed by atoms with Gasteiger partial charge in [0.05, 0.1) is 19.1 Å². The van der Waals surface area contributed by atoms with Gasteiger partial charge in [-0.15, -0.1) is 10.2 Å². The lowest BCUT2D eigenvalue weighted by molar-refractivity contribution is -0.139. The Labute approximate surface area is 193 Å². The van der Waals surface area contributed by atoms with Gasteiger partial charge in [-0.3, -0.25) is 9.59 Å². The summed E-state index contributed by atoms with van der Waals surface area (Å²) in [5, 5.41) is 23.1. The molecule has 12 nitrogen and oxygen atoms in total. The Hall–Kier alpha value is -4.61. The SMILES string of the molecule is COC(=O)c1cccc(-c2nnn(CC(=O)C(CC(=O)O)NC(=O)OCc3ccccc3)n2)c1. The molecule has 2 aromatic carbocycles. The van der Waals surface area contributed by atoms with E-state index < -0.39 is 42.8 Å². The Kier molecular flexibility index (Phi) is 8.00. The van der Waals surface area contributed by atoms with Crippen LogP contribution in [0.3, 0.4) is 0 Å². The number of carbonyl (C=O) groups is 4. The molecule has 12 heteroatoms. The van der Waals surface area contributed by atoms with Crippen molar-refractivity contribution in [1.82, 2.24) is 25.5 Å². The van der Waals surface area contributed by atoms with Crippen LogP contribution >= 0.6 is 0 Å². The molecule has 3 rings (SSSR count). The predicted octanol–water partition coefficient (Wildman–Crippen LogP) is 1.47. The van der Waals surface area contributed by atoms with E-state index in [2.05, 4.69) is 25.5 Å². The second-order valence-electron chi connectivity index (χ2n) is 7.04. The van der Waals surface area contributed by atoms with Crippen LogP contribution in [0.4, 0.5) is 4.79 Å². The van der Waals surface area contributed by atoms with Crippen molar-refractivity contribution in [3.63, 3.8) is 0 Å². The van der Waals surface area contributed by atoms with Gasteiger partial charge in [0.15, 0.2) is 5.78 Å². The van der Waals surface area contributed by atoms with E-state index in [-0.39, 0.29) is 18.0 Å². The molecule has 0 saturated heterocycles. The molecule has 1 aromatic heterocycles. The Morgan fingerprint density at radius 2 is 1.85 bits per heavy atom. The number of ether oxygens (including phenoxy) is 2. The van der Waals surface area contributed by atoms with Crippen LogP contribution < -0.4 is 5.32 Å². The molecule has 0 aliphatic carbocycles. The van der Waals surface area contributed by atoms with Crippen molar-refractivity contribution in [2.24, 2.45) is 0 Å². The summed E-state index contributed by atoms with van der Waals surface area (Å²) in [5.41, 5.74) is 1.48. The number of carbonyl (C=O) groups excluding carboxylic acids is 3. The number of benzene rings is 2. The molecule has 0 spiro atoms. The summed E-state index contributed by atoms with van der Waals surface area (Å²) in [6.07, 6.45) is -1.59. The van der Waals surface area contributed by atoms with Crippen LogP contribution in [0.1, 0.15) is 22.3 Å². The van der Waals surface area contributed by atoms with Gasteiger partial charge in [0, 0.05) is 5.56 Å². The minimum atomic E-state index is -1.36. The second-order valence-corrected chi connectivity index (χ2v) is 7.04. The van der Waals surface area contributed by atoms with Gasteiger partial charge < -0.3 is 19.9 Å². The average molecular weight is 467 g/mol. The molecule has 0 aliphatic heterocycles. The van der Waals surface area contributed by atoms with E-state index in [0.29, 0.717) is 5.56 Å². The third-order valence-electron chi connectivity index (χ3n) is 4.56. The van der Waals surface area contributed by atoms with E-state index in [1.807, 2.05) is 6.07 Å². The van der Waals surface area contributed by atoms with Crippen molar-refractivity contribution in [2.75, 3.05) is 7.11 Å². The molecule has 0 aliphatic rings. The van der Waals surface area contributed by atoms with Gasteiger partial charge in [-0.25, -0.2) is 9.59 Å². The zero-order valence-electron chi connectivity index (χ0n) is 18.1. The van der Waals surface area contributed by atoms with E-state index >= 15 is 0 Å². The number of esters is 1. The zero-order chi connectivity index (χ0) is 24.5. The monoisotopic (exact) mass is 467 g/mol. The highest BCUT2D eigenvalue weighted by molar-refractivity contribution is 5.91. The Morgan fingerprint density at radius 3 is 2.56 bits per heavy atom. The molecule has 3 aromatic rings. The van der Waals surface area contributed by atoms with Crippen LogP contribution in [0, 0.1) is 0 Å². The van der Waals surface area contributed by atoms with Crippen molar-refractivity contribution in [3.8, 4) is 11.4 Å². The summed E-state index contributed by atoms with van der Waals surface area (Å²) in [4.78, 5) is 48.6.